The summed E-state index contributed by atoms with van der Waals surface area (Å²) in [6, 6.07) is 0.651. The molecule has 0 unspecified atom stereocenters. The van der Waals surface area contributed by atoms with E-state index in [2.05, 4.69) is 9.47 Å². The Labute approximate surface area is 86.8 Å². The van der Waals surface area contributed by atoms with E-state index in [4.69, 9.17) is 0 Å². The van der Waals surface area contributed by atoms with Crippen LogP contribution in [0.1, 0.15) is 10.4 Å². The molecule has 88 valence electrons. The van der Waals surface area contributed by atoms with Gasteiger partial charge in [-0.15, -0.1) is 13.2 Å². The van der Waals surface area contributed by atoms with Gasteiger partial charge in [-0.2, -0.15) is 0 Å². The third kappa shape index (κ3) is 2.75. The van der Waals surface area contributed by atoms with Gasteiger partial charge in [0.25, 0.3) is 5.56 Å². The van der Waals surface area contributed by atoms with Crippen molar-refractivity contribution in [2.75, 3.05) is 7.11 Å². The number of H-pyrrole nitrogens is 1. The van der Waals surface area contributed by atoms with Crippen molar-refractivity contribution in [3.05, 3.63) is 22.0 Å². The molecule has 0 aliphatic heterocycles. The van der Waals surface area contributed by atoms with Crippen LogP contribution in [0.2, 0.25) is 0 Å². The number of ether oxygens (including phenoxy) is 2. The molecule has 1 N–H and O–H groups in total. The Bertz CT molecular complexity index is 452. The molecule has 0 saturated carbocycles. The average molecular weight is 237 g/mol. The summed E-state index contributed by atoms with van der Waals surface area (Å²) in [7, 11) is 1.05. The SMILES string of the molecule is COc1[nH]c(=O)c(C=O)cc1OC(F)(F)F. The third-order valence-electron chi connectivity index (χ3n) is 1.56. The number of rotatable bonds is 3. The van der Waals surface area contributed by atoms with Gasteiger partial charge in [-0.3, -0.25) is 14.6 Å². The number of carbonyl (C=O) groups is 1. The Hall–Kier alpha value is -1.99. The number of carbonyl (C=O) groups excluding carboxylic acids is 1. The highest BCUT2D eigenvalue weighted by molar-refractivity contribution is 5.75. The van der Waals surface area contributed by atoms with Crippen LogP contribution in [0, 0.1) is 0 Å². The van der Waals surface area contributed by atoms with E-state index in [9.17, 15) is 22.8 Å². The largest absolute Gasteiger partial charge is 0.573 e. The van der Waals surface area contributed by atoms with Crippen LogP contribution in [0.5, 0.6) is 11.6 Å². The Balaban J connectivity index is 3.25. The van der Waals surface area contributed by atoms with Crippen molar-refractivity contribution in [1.82, 2.24) is 4.98 Å². The Kier molecular flexibility index (Phi) is 3.21. The molecule has 1 heterocycles. The summed E-state index contributed by atoms with van der Waals surface area (Å²) in [5, 5.41) is 0. The van der Waals surface area contributed by atoms with Gasteiger partial charge in [0.15, 0.2) is 12.0 Å². The molecule has 8 heteroatoms. The molecular formula is C8H6F3NO4. The lowest BCUT2D eigenvalue weighted by Gasteiger charge is -2.11. The molecule has 0 fully saturated rings. The molecule has 0 amide bonds. The van der Waals surface area contributed by atoms with E-state index in [1.807, 2.05) is 4.98 Å². The van der Waals surface area contributed by atoms with Crippen LogP contribution < -0.4 is 15.0 Å². The van der Waals surface area contributed by atoms with Crippen LogP contribution in [0.15, 0.2) is 10.9 Å². The molecule has 0 spiro atoms. The second-order valence-electron chi connectivity index (χ2n) is 2.62. The molecule has 1 rings (SSSR count). The van der Waals surface area contributed by atoms with Gasteiger partial charge in [0.2, 0.25) is 5.88 Å². The lowest BCUT2D eigenvalue weighted by molar-refractivity contribution is -0.275. The zero-order valence-corrected chi connectivity index (χ0v) is 7.92. The minimum absolute atomic E-state index is 0.113. The first-order valence-electron chi connectivity index (χ1n) is 3.89. The van der Waals surface area contributed by atoms with E-state index in [-0.39, 0.29) is 6.29 Å². The van der Waals surface area contributed by atoms with Crippen LogP contribution in [-0.4, -0.2) is 24.7 Å². The van der Waals surface area contributed by atoms with Gasteiger partial charge >= 0.3 is 6.36 Å². The number of aromatic amines is 1. The quantitative estimate of drug-likeness (QED) is 0.799. The second-order valence-corrected chi connectivity index (χ2v) is 2.62. The summed E-state index contributed by atoms with van der Waals surface area (Å²) in [4.78, 5) is 23.3. The third-order valence-corrected chi connectivity index (χ3v) is 1.56. The maximum absolute atomic E-state index is 11.9. The number of aromatic nitrogens is 1. The average Bonchev–Trinajstić information content (AvgIpc) is 2.18. The maximum Gasteiger partial charge on any atom is 0.573 e. The van der Waals surface area contributed by atoms with Gasteiger partial charge in [-0.05, 0) is 0 Å². The van der Waals surface area contributed by atoms with Gasteiger partial charge in [-0.1, -0.05) is 0 Å². The lowest BCUT2D eigenvalue weighted by Crippen LogP contribution is -2.20. The zero-order chi connectivity index (χ0) is 12.3. The molecule has 0 aromatic carbocycles. The van der Waals surface area contributed by atoms with Gasteiger partial charge in [0.1, 0.15) is 0 Å². The van der Waals surface area contributed by atoms with Crippen molar-refractivity contribution in [3.8, 4) is 11.6 Å². The van der Waals surface area contributed by atoms with Gasteiger partial charge < -0.3 is 9.47 Å². The Morgan fingerprint density at radius 3 is 2.50 bits per heavy atom. The highest BCUT2D eigenvalue weighted by Gasteiger charge is 2.33. The molecule has 0 atom stereocenters. The number of methoxy groups -OCH3 is 1. The molecule has 0 radical (unpaired) electrons. The minimum Gasteiger partial charge on any atom is -0.480 e. The first-order valence-corrected chi connectivity index (χ1v) is 3.89. The zero-order valence-electron chi connectivity index (χ0n) is 7.92. The molecule has 16 heavy (non-hydrogen) atoms. The van der Waals surface area contributed by atoms with E-state index in [0.717, 1.165) is 7.11 Å². The first-order chi connectivity index (χ1) is 7.37. The number of halogens is 3. The molecule has 1 aromatic rings. The number of aldehydes is 1. The van der Waals surface area contributed by atoms with Crippen molar-refractivity contribution in [3.63, 3.8) is 0 Å². The molecule has 0 bridgehead atoms. The van der Waals surface area contributed by atoms with Gasteiger partial charge in [-0.25, -0.2) is 0 Å². The van der Waals surface area contributed by atoms with Crippen LogP contribution in [0.4, 0.5) is 13.2 Å². The van der Waals surface area contributed by atoms with Crippen molar-refractivity contribution in [1.29, 1.82) is 0 Å². The fraction of sp³-hybridized carbons (Fsp3) is 0.250. The number of pyridine rings is 1. The van der Waals surface area contributed by atoms with Crippen LogP contribution in [-0.2, 0) is 0 Å². The summed E-state index contributed by atoms with van der Waals surface area (Å²) >= 11 is 0. The molecular weight excluding hydrogens is 231 g/mol. The van der Waals surface area contributed by atoms with E-state index in [1.54, 1.807) is 0 Å². The second kappa shape index (κ2) is 4.25. The smallest absolute Gasteiger partial charge is 0.480 e. The first kappa shape index (κ1) is 12.1. The number of nitrogens with one attached hydrogen (secondary N) is 1. The predicted molar refractivity (Wildman–Crippen MR) is 45.7 cm³/mol. The van der Waals surface area contributed by atoms with Crippen molar-refractivity contribution in [2.45, 2.75) is 6.36 Å². The molecule has 0 aliphatic carbocycles. The molecule has 5 nitrogen and oxygen atoms in total. The normalized spacial score (nSPS) is 11.0. The molecule has 0 aliphatic rings. The summed E-state index contributed by atoms with van der Waals surface area (Å²) < 4.78 is 43.8. The fourth-order valence-corrected chi connectivity index (χ4v) is 0.949. The van der Waals surface area contributed by atoms with Gasteiger partial charge in [0.05, 0.1) is 12.7 Å². The van der Waals surface area contributed by atoms with Crippen molar-refractivity contribution < 1.29 is 27.4 Å². The van der Waals surface area contributed by atoms with E-state index in [1.165, 1.54) is 0 Å². The topological polar surface area (TPSA) is 68.4 Å². The predicted octanol–water partition coefficient (Wildman–Crippen LogP) is 1.09. The monoisotopic (exact) mass is 237 g/mol. The Morgan fingerprint density at radius 2 is 2.06 bits per heavy atom. The Morgan fingerprint density at radius 1 is 1.44 bits per heavy atom. The lowest BCUT2D eigenvalue weighted by atomic mass is 10.3. The van der Waals surface area contributed by atoms with Crippen molar-refractivity contribution >= 4 is 6.29 Å². The highest BCUT2D eigenvalue weighted by Crippen LogP contribution is 2.29. The summed E-state index contributed by atoms with van der Waals surface area (Å²) in [6.07, 6.45) is -4.83. The maximum atomic E-state index is 11.9. The highest BCUT2D eigenvalue weighted by atomic mass is 19.4. The standard InChI is InChI=1S/C8H6F3NO4/c1-15-7-5(16-8(9,10)11)2-4(3-13)6(14)12-7/h2-3H,1H3,(H,12,14). The summed E-state index contributed by atoms with van der Waals surface area (Å²) in [5.41, 5.74) is -1.35. The fourth-order valence-electron chi connectivity index (χ4n) is 0.949. The van der Waals surface area contributed by atoms with E-state index in [0.29, 0.717) is 6.07 Å². The van der Waals surface area contributed by atoms with Gasteiger partial charge in [0, 0.05) is 6.07 Å². The molecule has 0 saturated heterocycles. The minimum atomic E-state index is -4.94. The van der Waals surface area contributed by atoms with Crippen LogP contribution in [0.3, 0.4) is 0 Å². The summed E-state index contributed by atoms with van der Waals surface area (Å²) in [6.45, 7) is 0. The molecule has 1 aromatic heterocycles. The van der Waals surface area contributed by atoms with E-state index < -0.39 is 29.1 Å². The van der Waals surface area contributed by atoms with Crippen molar-refractivity contribution in [2.24, 2.45) is 0 Å². The summed E-state index contributed by atoms with van der Waals surface area (Å²) in [5.74, 6) is -1.29. The number of alkyl halides is 3. The number of hydrogen-bond acceptors (Lipinski definition) is 4. The van der Waals surface area contributed by atoms with Crippen LogP contribution >= 0.6 is 0 Å². The van der Waals surface area contributed by atoms with Crippen LogP contribution in [0.25, 0.3) is 0 Å². The van der Waals surface area contributed by atoms with E-state index >= 15 is 0 Å². The number of hydrogen-bond donors (Lipinski definition) is 1.